The van der Waals surface area contributed by atoms with Crippen molar-refractivity contribution in [2.45, 2.75) is 32.8 Å². The van der Waals surface area contributed by atoms with Crippen LogP contribution in [0.5, 0.6) is 0 Å². The Morgan fingerprint density at radius 3 is 2.61 bits per heavy atom. The number of hydrazone groups is 1. The van der Waals surface area contributed by atoms with Crippen LogP contribution in [0.3, 0.4) is 0 Å². The summed E-state index contributed by atoms with van der Waals surface area (Å²) in [6, 6.07) is 0. The van der Waals surface area contributed by atoms with E-state index in [-0.39, 0.29) is 5.76 Å². The molecule has 0 rings (SSSR count). The lowest BCUT2D eigenvalue weighted by molar-refractivity contribution is 0.0377. The smallest absolute Gasteiger partial charge is 0.412 e. The van der Waals surface area contributed by atoms with Gasteiger partial charge in [-0.3, -0.25) is 5.32 Å². The van der Waals surface area contributed by atoms with Crippen LogP contribution in [0.2, 0.25) is 0 Å². The molecule has 0 heterocycles. The molecule has 0 spiro atoms. The van der Waals surface area contributed by atoms with Crippen LogP contribution in [0.25, 0.3) is 0 Å². The summed E-state index contributed by atoms with van der Waals surface area (Å²) in [6.07, 6.45) is 2.89. The molecule has 0 aromatic rings. The summed E-state index contributed by atoms with van der Waals surface area (Å²) in [7, 11) is 1.44. The Hall–Kier alpha value is -1.98. The predicted molar refractivity (Wildman–Crippen MR) is 70.9 cm³/mol. The van der Waals surface area contributed by atoms with Crippen LogP contribution in [0, 0.1) is 0 Å². The fourth-order valence-electron chi connectivity index (χ4n) is 0.890. The van der Waals surface area contributed by atoms with E-state index in [1.165, 1.54) is 19.4 Å². The zero-order valence-corrected chi connectivity index (χ0v) is 11.3. The normalized spacial score (nSPS) is 12.3. The molecule has 0 aromatic heterocycles. The van der Waals surface area contributed by atoms with Crippen LogP contribution in [0.4, 0.5) is 4.79 Å². The lowest BCUT2D eigenvalue weighted by atomic mass is 10.1. The van der Waals surface area contributed by atoms with E-state index in [9.17, 15) is 4.79 Å². The molecule has 0 aliphatic carbocycles. The topological polar surface area (TPSA) is 85.9 Å². The minimum atomic E-state index is -0.586. The molecule has 0 saturated heterocycles. The molecule has 6 nitrogen and oxygen atoms in total. The van der Waals surface area contributed by atoms with Crippen molar-refractivity contribution in [3.05, 3.63) is 24.1 Å². The Kier molecular flexibility index (Phi) is 6.56. The lowest BCUT2D eigenvalue weighted by Gasteiger charge is -2.23. The second kappa shape index (κ2) is 7.37. The number of methoxy groups -OCH3 is 1. The molecular formula is C12H21N3O3. The van der Waals surface area contributed by atoms with Gasteiger partial charge < -0.3 is 15.3 Å². The van der Waals surface area contributed by atoms with Gasteiger partial charge in [-0.2, -0.15) is 5.10 Å². The minimum Gasteiger partial charge on any atom is -0.495 e. The zero-order valence-electron chi connectivity index (χ0n) is 11.3. The van der Waals surface area contributed by atoms with Crippen LogP contribution in [0.1, 0.15) is 27.2 Å². The summed E-state index contributed by atoms with van der Waals surface area (Å²) in [6.45, 7) is 9.21. The van der Waals surface area contributed by atoms with Gasteiger partial charge >= 0.3 is 6.09 Å². The number of hydrogen-bond acceptors (Lipinski definition) is 5. The Bertz CT molecular complexity index is 360. The van der Waals surface area contributed by atoms with E-state index < -0.39 is 11.7 Å². The number of carbonyl (C=O) groups excluding carboxylic acids is 1. The number of nitrogens with one attached hydrogen (secondary N) is 1. The Balaban J connectivity index is 4.70. The number of nitrogens with two attached hydrogens (primary N) is 1. The number of alkyl carbamates (subject to hydrolysis) is 1. The molecule has 0 unspecified atom stereocenters. The number of ether oxygens (including phenoxy) is 2. The monoisotopic (exact) mass is 255 g/mol. The van der Waals surface area contributed by atoms with Gasteiger partial charge in [0.1, 0.15) is 11.4 Å². The van der Waals surface area contributed by atoms with Crippen LogP contribution >= 0.6 is 0 Å². The fourth-order valence-corrected chi connectivity index (χ4v) is 0.890. The van der Waals surface area contributed by atoms with Crippen molar-refractivity contribution in [1.29, 1.82) is 0 Å². The van der Waals surface area contributed by atoms with E-state index in [0.717, 1.165) is 0 Å². The van der Waals surface area contributed by atoms with E-state index in [1.54, 1.807) is 0 Å². The molecule has 18 heavy (non-hydrogen) atoms. The number of rotatable bonds is 6. The lowest BCUT2D eigenvalue weighted by Crippen LogP contribution is -2.34. The summed E-state index contributed by atoms with van der Waals surface area (Å²) < 4.78 is 10.2. The van der Waals surface area contributed by atoms with Gasteiger partial charge in [0.25, 0.3) is 0 Å². The quantitative estimate of drug-likeness (QED) is 0.249. The molecule has 0 fully saturated rings. The van der Waals surface area contributed by atoms with E-state index in [4.69, 9.17) is 15.3 Å². The first-order valence-electron chi connectivity index (χ1n) is 5.53. The van der Waals surface area contributed by atoms with E-state index in [1.807, 2.05) is 20.8 Å². The maximum Gasteiger partial charge on any atom is 0.412 e. The van der Waals surface area contributed by atoms with Crippen molar-refractivity contribution in [2.24, 2.45) is 10.9 Å². The highest BCUT2D eigenvalue weighted by atomic mass is 16.6. The number of hydrogen-bond donors (Lipinski definition) is 2. The highest BCUT2D eigenvalue weighted by Crippen LogP contribution is 2.14. The van der Waals surface area contributed by atoms with E-state index in [0.29, 0.717) is 12.1 Å². The van der Waals surface area contributed by atoms with Crippen molar-refractivity contribution in [3.63, 3.8) is 0 Å². The van der Waals surface area contributed by atoms with Crippen molar-refractivity contribution in [2.75, 3.05) is 7.11 Å². The first-order valence-corrected chi connectivity index (χ1v) is 5.53. The number of carbonyl (C=O) groups is 1. The Morgan fingerprint density at radius 1 is 1.56 bits per heavy atom. The molecule has 6 heteroatoms. The van der Waals surface area contributed by atoms with Crippen LogP contribution in [0.15, 0.2) is 29.2 Å². The average Bonchev–Trinajstić information content (AvgIpc) is 2.32. The van der Waals surface area contributed by atoms with Gasteiger partial charge in [-0.15, -0.1) is 0 Å². The first kappa shape index (κ1) is 16.0. The average molecular weight is 255 g/mol. The van der Waals surface area contributed by atoms with Gasteiger partial charge in [0.15, 0.2) is 0 Å². The fraction of sp³-hybridized carbons (Fsp3) is 0.500. The summed E-state index contributed by atoms with van der Waals surface area (Å²) in [4.78, 5) is 11.7. The summed E-state index contributed by atoms with van der Waals surface area (Å²) in [5, 5.41) is 5.82. The number of allylic oxidation sites excluding steroid dienone is 1. The molecule has 102 valence electrons. The molecule has 0 aromatic carbocycles. The molecule has 0 radical (unpaired) electrons. The van der Waals surface area contributed by atoms with Crippen molar-refractivity contribution >= 4 is 12.3 Å². The summed E-state index contributed by atoms with van der Waals surface area (Å²) in [5.41, 5.74) is -0.199. The van der Waals surface area contributed by atoms with Crippen LogP contribution in [-0.4, -0.2) is 25.0 Å². The van der Waals surface area contributed by atoms with E-state index in [2.05, 4.69) is 17.0 Å². The largest absolute Gasteiger partial charge is 0.495 e. The van der Waals surface area contributed by atoms with Crippen LogP contribution in [-0.2, 0) is 9.47 Å². The SMILES string of the molecule is C=C(OC)/C(=C\C=N\N)NC(=O)OC(C)(C)CC. The van der Waals surface area contributed by atoms with Gasteiger partial charge in [-0.25, -0.2) is 4.79 Å². The molecule has 0 bridgehead atoms. The zero-order chi connectivity index (χ0) is 14.2. The second-order valence-corrected chi connectivity index (χ2v) is 4.13. The van der Waals surface area contributed by atoms with E-state index >= 15 is 0 Å². The van der Waals surface area contributed by atoms with Crippen molar-refractivity contribution in [1.82, 2.24) is 5.32 Å². The maximum absolute atomic E-state index is 11.7. The molecule has 1 amide bonds. The Labute approximate surface area is 108 Å². The van der Waals surface area contributed by atoms with Gasteiger partial charge in [-0.1, -0.05) is 13.5 Å². The second-order valence-electron chi connectivity index (χ2n) is 4.13. The molecule has 0 aliphatic rings. The first-order chi connectivity index (χ1) is 8.36. The van der Waals surface area contributed by atoms with Gasteiger partial charge in [-0.05, 0) is 26.3 Å². The molecular weight excluding hydrogens is 234 g/mol. The van der Waals surface area contributed by atoms with Gasteiger partial charge in [0.2, 0.25) is 0 Å². The number of amides is 1. The maximum atomic E-state index is 11.7. The number of nitrogens with zero attached hydrogens (tertiary/aromatic N) is 1. The van der Waals surface area contributed by atoms with Crippen molar-refractivity contribution < 1.29 is 14.3 Å². The van der Waals surface area contributed by atoms with Crippen LogP contribution < -0.4 is 11.2 Å². The third kappa shape index (κ3) is 5.93. The third-order valence-corrected chi connectivity index (χ3v) is 2.33. The highest BCUT2D eigenvalue weighted by molar-refractivity contribution is 5.77. The standard InChI is InChI=1S/C12H21N3O3/c1-6-12(3,4)18-11(16)15-10(7-8-14-13)9(2)17-5/h7-8H,2,6,13H2,1,3-5H3,(H,15,16)/b10-7+,14-8+. The predicted octanol–water partition coefficient (Wildman–Crippen LogP) is 1.89. The van der Waals surface area contributed by atoms with Gasteiger partial charge in [0, 0.05) is 6.21 Å². The minimum absolute atomic E-state index is 0.279. The highest BCUT2D eigenvalue weighted by Gasteiger charge is 2.21. The molecule has 0 aliphatic heterocycles. The summed E-state index contributed by atoms with van der Waals surface area (Å²) >= 11 is 0. The summed E-state index contributed by atoms with van der Waals surface area (Å²) in [5.74, 6) is 5.26. The van der Waals surface area contributed by atoms with Gasteiger partial charge in [0.05, 0.1) is 12.8 Å². The van der Waals surface area contributed by atoms with Crippen molar-refractivity contribution in [3.8, 4) is 0 Å². The third-order valence-electron chi connectivity index (χ3n) is 2.33. The Morgan fingerprint density at radius 2 is 2.17 bits per heavy atom. The molecule has 0 saturated carbocycles. The molecule has 3 N–H and O–H groups in total. The molecule has 0 atom stereocenters.